The minimum absolute atomic E-state index is 0.422. The Bertz CT molecular complexity index is 500. The Balaban J connectivity index is 1.88. The lowest BCUT2D eigenvalue weighted by Gasteiger charge is -2.23. The molecule has 2 aromatic heterocycles. The van der Waals surface area contributed by atoms with Crippen LogP contribution in [0.25, 0.3) is 11.6 Å². The zero-order chi connectivity index (χ0) is 12.4. The highest BCUT2D eigenvalue weighted by Crippen LogP contribution is 2.32. The number of thiazole rings is 1. The second-order valence-electron chi connectivity index (χ2n) is 4.87. The van der Waals surface area contributed by atoms with Crippen molar-refractivity contribution >= 4 is 11.3 Å². The maximum absolute atomic E-state index is 6.44. The average molecular weight is 264 g/mol. The Morgan fingerprint density at radius 1 is 1.22 bits per heavy atom. The number of hydrogen-bond acceptors (Lipinski definition) is 6. The Hall–Kier alpha value is -1.27. The standard InChI is InChI=1S/C12H16N4OS/c13-12(5-3-1-2-4-6-12)11-15-10(17-16-11)9-7-18-8-14-9/h7-8H,1-6,13H2. The summed E-state index contributed by atoms with van der Waals surface area (Å²) < 4.78 is 5.27. The van der Waals surface area contributed by atoms with E-state index in [4.69, 9.17) is 10.3 Å². The summed E-state index contributed by atoms with van der Waals surface area (Å²) >= 11 is 1.51. The Morgan fingerprint density at radius 2 is 2.00 bits per heavy atom. The lowest BCUT2D eigenvalue weighted by atomic mass is 9.91. The van der Waals surface area contributed by atoms with Gasteiger partial charge in [-0.2, -0.15) is 4.98 Å². The van der Waals surface area contributed by atoms with Gasteiger partial charge in [-0.1, -0.05) is 30.8 Å². The summed E-state index contributed by atoms with van der Waals surface area (Å²) in [7, 11) is 0. The number of nitrogens with zero attached hydrogens (tertiary/aromatic N) is 3. The maximum Gasteiger partial charge on any atom is 0.277 e. The van der Waals surface area contributed by atoms with E-state index in [1.54, 1.807) is 5.51 Å². The van der Waals surface area contributed by atoms with E-state index in [0.29, 0.717) is 11.7 Å². The van der Waals surface area contributed by atoms with E-state index in [-0.39, 0.29) is 0 Å². The molecular formula is C12H16N4OS. The molecule has 2 heterocycles. The van der Waals surface area contributed by atoms with Gasteiger partial charge in [-0.15, -0.1) is 11.3 Å². The first-order valence-corrected chi connectivity index (χ1v) is 7.24. The van der Waals surface area contributed by atoms with Gasteiger partial charge in [0.1, 0.15) is 5.69 Å². The summed E-state index contributed by atoms with van der Waals surface area (Å²) in [5.74, 6) is 1.10. The molecule has 0 aliphatic heterocycles. The number of aromatic nitrogens is 3. The third-order valence-corrected chi connectivity index (χ3v) is 4.11. The molecular weight excluding hydrogens is 248 g/mol. The van der Waals surface area contributed by atoms with Crippen LogP contribution in [0.2, 0.25) is 0 Å². The summed E-state index contributed by atoms with van der Waals surface area (Å²) in [4.78, 5) is 8.60. The third-order valence-electron chi connectivity index (χ3n) is 3.52. The minimum Gasteiger partial charge on any atom is -0.332 e. The molecule has 1 fully saturated rings. The quantitative estimate of drug-likeness (QED) is 0.844. The maximum atomic E-state index is 6.44. The SMILES string of the molecule is NC1(c2noc(-c3cscn3)n2)CCCCCC1. The number of rotatable bonds is 2. The van der Waals surface area contributed by atoms with Crippen LogP contribution in [0.3, 0.4) is 0 Å². The van der Waals surface area contributed by atoms with E-state index in [2.05, 4.69) is 15.1 Å². The van der Waals surface area contributed by atoms with Crippen LogP contribution >= 0.6 is 11.3 Å². The molecule has 0 unspecified atom stereocenters. The van der Waals surface area contributed by atoms with Crippen molar-refractivity contribution in [1.82, 2.24) is 15.1 Å². The predicted molar refractivity (Wildman–Crippen MR) is 69.0 cm³/mol. The van der Waals surface area contributed by atoms with Crippen LogP contribution < -0.4 is 5.73 Å². The lowest BCUT2D eigenvalue weighted by molar-refractivity contribution is 0.334. The molecule has 1 aliphatic carbocycles. The highest BCUT2D eigenvalue weighted by molar-refractivity contribution is 7.07. The van der Waals surface area contributed by atoms with E-state index in [0.717, 1.165) is 31.4 Å². The molecule has 1 saturated carbocycles. The summed E-state index contributed by atoms with van der Waals surface area (Å²) in [5.41, 5.74) is 8.51. The average Bonchev–Trinajstić information content (AvgIpc) is 3.00. The summed E-state index contributed by atoms with van der Waals surface area (Å²) in [6.45, 7) is 0. The van der Waals surface area contributed by atoms with Crippen LogP contribution in [0.15, 0.2) is 15.4 Å². The molecule has 0 atom stereocenters. The van der Waals surface area contributed by atoms with Crippen molar-refractivity contribution in [2.24, 2.45) is 5.73 Å². The van der Waals surface area contributed by atoms with E-state index >= 15 is 0 Å². The number of hydrogen-bond donors (Lipinski definition) is 1. The van der Waals surface area contributed by atoms with Gasteiger partial charge in [-0.25, -0.2) is 4.98 Å². The monoisotopic (exact) mass is 264 g/mol. The van der Waals surface area contributed by atoms with Gasteiger partial charge in [0, 0.05) is 5.38 Å². The van der Waals surface area contributed by atoms with Crippen molar-refractivity contribution in [2.75, 3.05) is 0 Å². The van der Waals surface area contributed by atoms with E-state index < -0.39 is 5.54 Å². The Labute approximate surface area is 109 Å². The zero-order valence-electron chi connectivity index (χ0n) is 10.1. The molecule has 0 aromatic carbocycles. The van der Waals surface area contributed by atoms with Crippen LogP contribution in [0.5, 0.6) is 0 Å². The predicted octanol–water partition coefficient (Wildman–Crippen LogP) is 2.70. The molecule has 96 valence electrons. The van der Waals surface area contributed by atoms with Crippen LogP contribution in [-0.4, -0.2) is 15.1 Å². The first kappa shape index (κ1) is 11.8. The summed E-state index contributed by atoms with van der Waals surface area (Å²) in [6, 6.07) is 0. The van der Waals surface area contributed by atoms with Gasteiger partial charge in [0.05, 0.1) is 11.0 Å². The van der Waals surface area contributed by atoms with Crippen LogP contribution in [0, 0.1) is 0 Å². The normalized spacial score (nSPS) is 19.6. The fraction of sp³-hybridized carbons (Fsp3) is 0.583. The second kappa shape index (κ2) is 4.78. The summed E-state index contributed by atoms with van der Waals surface area (Å²) in [6.07, 6.45) is 6.63. The molecule has 6 heteroatoms. The molecule has 0 radical (unpaired) electrons. The molecule has 2 N–H and O–H groups in total. The molecule has 1 aliphatic rings. The molecule has 18 heavy (non-hydrogen) atoms. The van der Waals surface area contributed by atoms with Crippen molar-refractivity contribution in [1.29, 1.82) is 0 Å². The smallest absolute Gasteiger partial charge is 0.277 e. The van der Waals surface area contributed by atoms with Gasteiger partial charge in [0.15, 0.2) is 5.82 Å². The van der Waals surface area contributed by atoms with Gasteiger partial charge in [0.25, 0.3) is 5.89 Å². The van der Waals surface area contributed by atoms with Crippen molar-refractivity contribution in [3.8, 4) is 11.6 Å². The van der Waals surface area contributed by atoms with Crippen molar-refractivity contribution < 1.29 is 4.52 Å². The largest absolute Gasteiger partial charge is 0.332 e. The Kier molecular flexibility index (Phi) is 3.13. The van der Waals surface area contributed by atoms with Crippen molar-refractivity contribution in [3.05, 3.63) is 16.7 Å². The van der Waals surface area contributed by atoms with Crippen molar-refractivity contribution in [2.45, 2.75) is 44.1 Å². The zero-order valence-corrected chi connectivity index (χ0v) is 10.9. The first-order chi connectivity index (χ1) is 8.78. The number of nitrogens with two attached hydrogens (primary N) is 1. The van der Waals surface area contributed by atoms with Crippen LogP contribution in [0.1, 0.15) is 44.3 Å². The topological polar surface area (TPSA) is 77.8 Å². The fourth-order valence-electron chi connectivity index (χ4n) is 2.43. The van der Waals surface area contributed by atoms with Gasteiger partial charge in [0.2, 0.25) is 0 Å². The second-order valence-corrected chi connectivity index (χ2v) is 5.59. The minimum atomic E-state index is -0.422. The molecule has 0 saturated heterocycles. The van der Waals surface area contributed by atoms with E-state index in [1.807, 2.05) is 5.38 Å². The third kappa shape index (κ3) is 2.18. The Morgan fingerprint density at radius 3 is 2.67 bits per heavy atom. The van der Waals surface area contributed by atoms with Gasteiger partial charge >= 0.3 is 0 Å². The van der Waals surface area contributed by atoms with Gasteiger partial charge < -0.3 is 10.3 Å². The van der Waals surface area contributed by atoms with Gasteiger partial charge in [-0.3, -0.25) is 0 Å². The first-order valence-electron chi connectivity index (χ1n) is 6.30. The summed E-state index contributed by atoms with van der Waals surface area (Å²) in [5, 5.41) is 5.96. The molecule has 5 nitrogen and oxygen atoms in total. The van der Waals surface area contributed by atoms with E-state index in [9.17, 15) is 0 Å². The fourth-order valence-corrected chi connectivity index (χ4v) is 2.96. The van der Waals surface area contributed by atoms with Gasteiger partial charge in [-0.05, 0) is 12.8 Å². The molecule has 3 rings (SSSR count). The molecule has 0 amide bonds. The van der Waals surface area contributed by atoms with Crippen molar-refractivity contribution in [3.63, 3.8) is 0 Å². The highest BCUT2D eigenvalue weighted by atomic mass is 32.1. The van der Waals surface area contributed by atoms with Crippen LogP contribution in [0.4, 0.5) is 0 Å². The lowest BCUT2D eigenvalue weighted by Crippen LogP contribution is -2.37. The van der Waals surface area contributed by atoms with E-state index in [1.165, 1.54) is 24.2 Å². The highest BCUT2D eigenvalue weighted by Gasteiger charge is 2.33. The molecule has 0 spiro atoms. The van der Waals surface area contributed by atoms with Crippen LogP contribution in [-0.2, 0) is 5.54 Å². The molecule has 0 bridgehead atoms. The molecule has 2 aromatic rings.